The van der Waals surface area contributed by atoms with Gasteiger partial charge in [0.15, 0.2) is 10.9 Å². The van der Waals surface area contributed by atoms with Crippen molar-refractivity contribution < 1.29 is 14.3 Å². The van der Waals surface area contributed by atoms with Gasteiger partial charge in [-0.3, -0.25) is 4.79 Å². The van der Waals surface area contributed by atoms with Crippen LogP contribution in [0.15, 0.2) is 42.5 Å². The lowest BCUT2D eigenvalue weighted by Gasteiger charge is -2.11. The summed E-state index contributed by atoms with van der Waals surface area (Å²) in [6.07, 6.45) is 0. The molecule has 1 heterocycles. The molecule has 0 saturated heterocycles. The van der Waals surface area contributed by atoms with Crippen molar-refractivity contribution in [1.82, 2.24) is 0 Å². The van der Waals surface area contributed by atoms with Crippen LogP contribution in [0.2, 0.25) is 5.02 Å². The Morgan fingerprint density at radius 2 is 1.81 bits per heavy atom. The molecule has 0 spiro atoms. The Labute approximate surface area is 170 Å². The normalized spacial score (nSPS) is 10.5. The summed E-state index contributed by atoms with van der Waals surface area (Å²) in [6.45, 7) is 1.51. The Balaban J connectivity index is 1.78. The SMILES string of the molecule is COC(=O)c1sc2cc(NC(=S)Nc3cccc(C(C)=O)c3)ccc2c1Cl. The molecular formula is C19H15ClN2O3S2. The van der Waals surface area contributed by atoms with Gasteiger partial charge in [0, 0.05) is 27.0 Å². The predicted octanol–water partition coefficient (Wildman–Crippen LogP) is 5.35. The quantitative estimate of drug-likeness (QED) is 0.338. The maximum atomic E-state index is 11.8. The van der Waals surface area contributed by atoms with Crippen molar-refractivity contribution >= 4 is 73.5 Å². The number of hydrogen-bond donors (Lipinski definition) is 2. The largest absolute Gasteiger partial charge is 0.465 e. The van der Waals surface area contributed by atoms with E-state index >= 15 is 0 Å². The molecule has 0 amide bonds. The molecule has 0 atom stereocenters. The molecule has 0 unspecified atom stereocenters. The van der Waals surface area contributed by atoms with Gasteiger partial charge >= 0.3 is 5.97 Å². The minimum Gasteiger partial charge on any atom is -0.465 e. The average molecular weight is 419 g/mol. The van der Waals surface area contributed by atoms with E-state index in [1.165, 1.54) is 25.4 Å². The Morgan fingerprint density at radius 1 is 1.11 bits per heavy atom. The van der Waals surface area contributed by atoms with E-state index in [-0.39, 0.29) is 5.78 Å². The first-order valence-corrected chi connectivity index (χ1v) is 9.48. The fourth-order valence-corrected chi connectivity index (χ4v) is 4.18. The van der Waals surface area contributed by atoms with Crippen molar-refractivity contribution in [2.45, 2.75) is 6.92 Å². The Morgan fingerprint density at radius 3 is 2.48 bits per heavy atom. The van der Waals surface area contributed by atoms with Gasteiger partial charge in [0.1, 0.15) is 4.88 Å². The number of halogens is 1. The molecule has 0 radical (unpaired) electrons. The molecule has 8 heteroatoms. The van der Waals surface area contributed by atoms with Gasteiger partial charge in [-0.1, -0.05) is 23.7 Å². The number of benzene rings is 2. The topological polar surface area (TPSA) is 67.4 Å². The van der Waals surface area contributed by atoms with Crippen LogP contribution in [0.5, 0.6) is 0 Å². The lowest BCUT2D eigenvalue weighted by molar-refractivity contribution is 0.0606. The summed E-state index contributed by atoms with van der Waals surface area (Å²) in [5.74, 6) is -0.475. The van der Waals surface area contributed by atoms with Gasteiger partial charge in [0.05, 0.1) is 12.1 Å². The molecule has 0 bridgehead atoms. The van der Waals surface area contributed by atoms with Gasteiger partial charge < -0.3 is 15.4 Å². The molecule has 0 aliphatic carbocycles. The molecule has 27 heavy (non-hydrogen) atoms. The van der Waals surface area contributed by atoms with Crippen LogP contribution in [0.4, 0.5) is 11.4 Å². The first kappa shape index (κ1) is 19.3. The Hall–Kier alpha value is -2.48. The molecule has 2 aromatic carbocycles. The van der Waals surface area contributed by atoms with Crippen LogP contribution in [0.25, 0.3) is 10.1 Å². The van der Waals surface area contributed by atoms with Crippen LogP contribution in [-0.2, 0) is 4.74 Å². The van der Waals surface area contributed by atoms with E-state index in [9.17, 15) is 9.59 Å². The molecule has 5 nitrogen and oxygen atoms in total. The summed E-state index contributed by atoms with van der Waals surface area (Å²) in [4.78, 5) is 23.6. The van der Waals surface area contributed by atoms with Crippen LogP contribution >= 0.6 is 35.2 Å². The fraction of sp³-hybridized carbons (Fsp3) is 0.105. The molecular weight excluding hydrogens is 404 g/mol. The second kappa shape index (κ2) is 8.04. The number of carbonyl (C=O) groups is 2. The van der Waals surface area contributed by atoms with Gasteiger partial charge in [0.25, 0.3) is 0 Å². The number of anilines is 2. The number of carbonyl (C=O) groups excluding carboxylic acids is 2. The van der Waals surface area contributed by atoms with E-state index < -0.39 is 5.97 Å². The molecule has 1 aromatic heterocycles. The van der Waals surface area contributed by atoms with Crippen LogP contribution in [0.3, 0.4) is 0 Å². The number of ether oxygens (including phenoxy) is 1. The minimum atomic E-state index is -0.460. The van der Waals surface area contributed by atoms with Crippen molar-refractivity contribution in [2.24, 2.45) is 0 Å². The first-order valence-electron chi connectivity index (χ1n) is 7.88. The maximum absolute atomic E-state index is 11.8. The molecule has 138 valence electrons. The van der Waals surface area contributed by atoms with Crippen LogP contribution in [0.1, 0.15) is 27.0 Å². The number of nitrogens with one attached hydrogen (secondary N) is 2. The summed E-state index contributed by atoms with van der Waals surface area (Å²) < 4.78 is 5.59. The zero-order valence-corrected chi connectivity index (χ0v) is 16.8. The van der Waals surface area contributed by atoms with Gasteiger partial charge in [-0.05, 0) is 49.5 Å². The average Bonchev–Trinajstić information content (AvgIpc) is 2.97. The highest BCUT2D eigenvalue weighted by molar-refractivity contribution is 7.80. The van der Waals surface area contributed by atoms with Gasteiger partial charge in [-0.15, -0.1) is 11.3 Å². The predicted molar refractivity (Wildman–Crippen MR) is 114 cm³/mol. The van der Waals surface area contributed by atoms with E-state index in [0.717, 1.165) is 15.8 Å². The Bertz CT molecular complexity index is 1060. The smallest absolute Gasteiger partial charge is 0.349 e. The van der Waals surface area contributed by atoms with E-state index in [1.54, 1.807) is 18.2 Å². The molecule has 3 rings (SSSR count). The fourth-order valence-electron chi connectivity index (χ4n) is 2.48. The van der Waals surface area contributed by atoms with E-state index in [1.807, 2.05) is 24.3 Å². The number of thiocarbonyl (C=S) groups is 1. The van der Waals surface area contributed by atoms with Crippen LogP contribution in [-0.4, -0.2) is 24.0 Å². The summed E-state index contributed by atoms with van der Waals surface area (Å²) in [7, 11) is 1.32. The third-order valence-electron chi connectivity index (χ3n) is 3.79. The number of ketones is 1. The number of thiophene rings is 1. The molecule has 3 aromatic rings. The maximum Gasteiger partial charge on any atom is 0.349 e. The van der Waals surface area contributed by atoms with Crippen molar-refractivity contribution in [3.63, 3.8) is 0 Å². The minimum absolute atomic E-state index is 0.0148. The second-order valence-electron chi connectivity index (χ2n) is 5.66. The molecule has 2 N–H and O–H groups in total. The number of rotatable bonds is 4. The number of fused-ring (bicyclic) bond motifs is 1. The number of hydrogen-bond acceptors (Lipinski definition) is 5. The molecule has 0 aliphatic heterocycles. The first-order chi connectivity index (χ1) is 12.9. The molecule has 0 aliphatic rings. The summed E-state index contributed by atoms with van der Waals surface area (Å²) in [5, 5.41) is 7.68. The van der Waals surface area contributed by atoms with E-state index in [4.69, 9.17) is 28.6 Å². The molecule has 0 fully saturated rings. The van der Waals surface area contributed by atoms with Gasteiger partial charge in [-0.25, -0.2) is 4.79 Å². The van der Waals surface area contributed by atoms with Crippen molar-refractivity contribution in [2.75, 3.05) is 17.7 Å². The highest BCUT2D eigenvalue weighted by Crippen LogP contribution is 2.37. The van der Waals surface area contributed by atoms with Gasteiger partial charge in [0.2, 0.25) is 0 Å². The highest BCUT2D eigenvalue weighted by Gasteiger charge is 2.17. The number of esters is 1. The summed E-state index contributed by atoms with van der Waals surface area (Å²) >= 11 is 12.9. The van der Waals surface area contributed by atoms with Crippen molar-refractivity contribution in [3.05, 3.63) is 57.9 Å². The summed E-state index contributed by atoms with van der Waals surface area (Å²) in [6, 6.07) is 12.6. The Kier molecular flexibility index (Phi) is 5.74. The zero-order valence-electron chi connectivity index (χ0n) is 14.5. The standard InChI is InChI=1S/C19H15ClN2O3S2/c1-10(23)11-4-3-5-12(8-11)21-19(26)22-13-6-7-14-15(9-13)27-17(16(14)20)18(24)25-2/h3-9H,1-2H3,(H2,21,22,26). The lowest BCUT2D eigenvalue weighted by atomic mass is 10.1. The zero-order chi connectivity index (χ0) is 19.6. The van der Waals surface area contributed by atoms with E-state index in [2.05, 4.69) is 10.6 Å². The highest BCUT2D eigenvalue weighted by atomic mass is 35.5. The molecule has 0 saturated carbocycles. The number of Topliss-reactive ketones (excluding diaryl/α,β-unsaturated/α-hetero) is 1. The third kappa shape index (κ3) is 4.27. The van der Waals surface area contributed by atoms with Crippen LogP contribution in [0, 0.1) is 0 Å². The van der Waals surface area contributed by atoms with Crippen molar-refractivity contribution in [3.8, 4) is 0 Å². The van der Waals surface area contributed by atoms with Gasteiger partial charge in [-0.2, -0.15) is 0 Å². The van der Waals surface area contributed by atoms with Crippen LogP contribution < -0.4 is 10.6 Å². The van der Waals surface area contributed by atoms with Crippen molar-refractivity contribution in [1.29, 1.82) is 0 Å². The third-order valence-corrected chi connectivity index (χ3v) is 5.63. The number of methoxy groups -OCH3 is 1. The lowest BCUT2D eigenvalue weighted by Crippen LogP contribution is -2.19. The summed E-state index contributed by atoms with van der Waals surface area (Å²) in [5.41, 5.74) is 2.07. The second-order valence-corrected chi connectivity index (χ2v) is 7.50. The van der Waals surface area contributed by atoms with E-state index in [0.29, 0.717) is 26.3 Å². The monoisotopic (exact) mass is 418 g/mol.